The molecular weight excluding hydrogens is 296 g/mol. The Balaban J connectivity index is 1.95. The Bertz CT molecular complexity index is 845. The van der Waals surface area contributed by atoms with Crippen LogP contribution >= 0.6 is 0 Å². The zero-order valence-electron chi connectivity index (χ0n) is 12.3. The molecule has 3 rings (SSSR count). The molecule has 0 aliphatic heterocycles. The molecule has 8 nitrogen and oxygen atoms in total. The van der Waals surface area contributed by atoms with Gasteiger partial charge < -0.3 is 10.2 Å². The first-order chi connectivity index (χ1) is 11.2. The summed E-state index contributed by atoms with van der Waals surface area (Å²) in [6, 6.07) is 7.27. The summed E-state index contributed by atoms with van der Waals surface area (Å²) in [7, 11) is 0. The van der Waals surface area contributed by atoms with Crippen molar-refractivity contribution in [2.75, 3.05) is 0 Å². The molecule has 0 fully saturated rings. The minimum Gasteiger partial charge on any atom is -0.505 e. The van der Waals surface area contributed by atoms with Crippen LogP contribution < -0.4 is 0 Å². The summed E-state index contributed by atoms with van der Waals surface area (Å²) in [6.45, 7) is 1.45. The van der Waals surface area contributed by atoms with Crippen molar-refractivity contribution < 1.29 is 10.2 Å². The van der Waals surface area contributed by atoms with E-state index in [1.807, 2.05) is 18.2 Å². The number of H-pyrrole nitrogens is 1. The number of hydrogen-bond donors (Lipinski definition) is 3. The van der Waals surface area contributed by atoms with Crippen molar-refractivity contribution in [3.63, 3.8) is 0 Å². The van der Waals surface area contributed by atoms with Crippen LogP contribution in [0.2, 0.25) is 0 Å². The van der Waals surface area contributed by atoms with Crippen LogP contribution in [0.5, 0.6) is 5.75 Å². The van der Waals surface area contributed by atoms with Crippen LogP contribution in [0, 0.1) is 6.92 Å². The predicted octanol–water partition coefficient (Wildman–Crippen LogP) is 1.52. The van der Waals surface area contributed by atoms with Gasteiger partial charge in [-0.2, -0.15) is 5.21 Å². The summed E-state index contributed by atoms with van der Waals surface area (Å²) in [4.78, 5) is 8.36. The molecule has 0 saturated carbocycles. The van der Waals surface area contributed by atoms with E-state index in [-0.39, 0.29) is 12.4 Å². The van der Waals surface area contributed by atoms with Gasteiger partial charge >= 0.3 is 0 Å². The van der Waals surface area contributed by atoms with Crippen molar-refractivity contribution in [1.29, 1.82) is 0 Å². The molecule has 0 bridgehead atoms. The molecule has 0 spiro atoms. The number of aliphatic hydroxyl groups is 1. The van der Waals surface area contributed by atoms with Crippen LogP contribution in [0.25, 0.3) is 11.4 Å². The molecule has 23 heavy (non-hydrogen) atoms. The van der Waals surface area contributed by atoms with Gasteiger partial charge in [0, 0.05) is 29.1 Å². The molecule has 116 valence electrons. The number of aryl methyl sites for hydroxylation is 1. The number of nitrogens with one attached hydrogen (secondary N) is 1. The molecular formula is C15H14N6O2. The van der Waals surface area contributed by atoms with Gasteiger partial charge in [-0.1, -0.05) is 12.1 Å². The first-order valence-electron chi connectivity index (χ1n) is 6.85. The Morgan fingerprint density at radius 2 is 2.22 bits per heavy atom. The van der Waals surface area contributed by atoms with E-state index in [2.05, 4.69) is 30.6 Å². The van der Waals surface area contributed by atoms with Crippen LogP contribution in [0.3, 0.4) is 0 Å². The summed E-state index contributed by atoms with van der Waals surface area (Å²) in [5.74, 6) is 0.482. The molecule has 0 atom stereocenters. The maximum absolute atomic E-state index is 10.1. The number of aromatic hydroxyl groups is 1. The highest BCUT2D eigenvalue weighted by atomic mass is 16.3. The third-order valence-corrected chi connectivity index (χ3v) is 3.32. The van der Waals surface area contributed by atoms with E-state index >= 15 is 0 Å². The average molecular weight is 310 g/mol. The first kappa shape index (κ1) is 14.8. The van der Waals surface area contributed by atoms with Crippen molar-refractivity contribution in [3.05, 3.63) is 47.3 Å². The SMILES string of the molecule is Cc1ncc(CO)c(C=Nc2cccc(-c3nn[nH]n3)c2)c1O. The standard InChI is InChI=1S/C15H14N6O2/c1-9-14(23)13(11(8-22)6-16-9)7-17-12-4-2-3-10(5-12)15-18-20-21-19-15/h2-7,22-23H,8H2,1H3,(H,18,19,20,21). The fraction of sp³-hybridized carbons (Fsp3) is 0.133. The fourth-order valence-corrected chi connectivity index (χ4v) is 2.07. The lowest BCUT2D eigenvalue weighted by Crippen LogP contribution is -1.97. The summed E-state index contributed by atoms with van der Waals surface area (Å²) < 4.78 is 0. The normalized spacial score (nSPS) is 11.2. The highest BCUT2D eigenvalue weighted by Crippen LogP contribution is 2.24. The highest BCUT2D eigenvalue weighted by molar-refractivity contribution is 5.87. The lowest BCUT2D eigenvalue weighted by Gasteiger charge is -2.07. The van der Waals surface area contributed by atoms with E-state index in [0.29, 0.717) is 28.3 Å². The van der Waals surface area contributed by atoms with Gasteiger partial charge in [0.2, 0.25) is 5.82 Å². The largest absolute Gasteiger partial charge is 0.505 e. The zero-order chi connectivity index (χ0) is 16.2. The van der Waals surface area contributed by atoms with Gasteiger partial charge in [0.25, 0.3) is 0 Å². The van der Waals surface area contributed by atoms with E-state index in [0.717, 1.165) is 5.56 Å². The number of aliphatic hydroxyl groups excluding tert-OH is 1. The Morgan fingerprint density at radius 3 is 2.96 bits per heavy atom. The summed E-state index contributed by atoms with van der Waals surface area (Å²) >= 11 is 0. The van der Waals surface area contributed by atoms with Crippen LogP contribution in [-0.4, -0.2) is 42.0 Å². The second-order valence-electron chi connectivity index (χ2n) is 4.83. The molecule has 8 heteroatoms. The summed E-state index contributed by atoms with van der Waals surface area (Å²) in [5, 5.41) is 33.2. The maximum Gasteiger partial charge on any atom is 0.204 e. The maximum atomic E-state index is 10.1. The van der Waals surface area contributed by atoms with Crippen LogP contribution in [-0.2, 0) is 6.61 Å². The molecule has 0 saturated heterocycles. The lowest BCUT2D eigenvalue weighted by molar-refractivity contribution is 0.280. The van der Waals surface area contributed by atoms with Crippen molar-refractivity contribution in [1.82, 2.24) is 25.6 Å². The van der Waals surface area contributed by atoms with Gasteiger partial charge in [-0.05, 0) is 24.3 Å². The number of hydrogen-bond acceptors (Lipinski definition) is 7. The molecule has 3 N–H and O–H groups in total. The van der Waals surface area contributed by atoms with Crippen molar-refractivity contribution in [2.45, 2.75) is 13.5 Å². The number of aromatic nitrogens is 5. The predicted molar refractivity (Wildman–Crippen MR) is 83.4 cm³/mol. The van der Waals surface area contributed by atoms with Crippen LogP contribution in [0.15, 0.2) is 35.5 Å². The van der Waals surface area contributed by atoms with Crippen LogP contribution in [0.4, 0.5) is 5.69 Å². The molecule has 2 heterocycles. The minimum atomic E-state index is -0.231. The smallest absolute Gasteiger partial charge is 0.204 e. The average Bonchev–Trinajstić information content (AvgIpc) is 3.11. The number of nitrogens with zero attached hydrogens (tertiary/aromatic N) is 5. The van der Waals surface area contributed by atoms with Gasteiger partial charge in [-0.3, -0.25) is 9.98 Å². The summed E-state index contributed by atoms with van der Waals surface area (Å²) in [5.41, 5.74) is 2.86. The van der Waals surface area contributed by atoms with Crippen molar-refractivity contribution in [3.8, 4) is 17.1 Å². The number of aromatic amines is 1. The Hall–Kier alpha value is -3.13. The van der Waals surface area contributed by atoms with Gasteiger partial charge in [0.05, 0.1) is 18.0 Å². The van der Waals surface area contributed by atoms with E-state index < -0.39 is 0 Å². The van der Waals surface area contributed by atoms with Gasteiger partial charge in [0.1, 0.15) is 5.75 Å². The molecule has 2 aromatic heterocycles. The van der Waals surface area contributed by atoms with E-state index in [9.17, 15) is 10.2 Å². The lowest BCUT2D eigenvalue weighted by atomic mass is 10.1. The van der Waals surface area contributed by atoms with E-state index in [4.69, 9.17) is 0 Å². The topological polar surface area (TPSA) is 120 Å². The Kier molecular flexibility index (Phi) is 4.07. The molecule has 0 radical (unpaired) electrons. The van der Waals surface area contributed by atoms with Gasteiger partial charge in [-0.15, -0.1) is 10.2 Å². The molecule has 0 aliphatic carbocycles. The summed E-state index contributed by atoms with van der Waals surface area (Å²) in [6.07, 6.45) is 3.02. The molecule has 0 unspecified atom stereocenters. The Labute approximate surface area is 131 Å². The van der Waals surface area contributed by atoms with E-state index in [1.165, 1.54) is 12.4 Å². The zero-order valence-corrected chi connectivity index (χ0v) is 12.3. The highest BCUT2D eigenvalue weighted by Gasteiger charge is 2.09. The Morgan fingerprint density at radius 1 is 1.35 bits per heavy atom. The first-order valence-corrected chi connectivity index (χ1v) is 6.85. The van der Waals surface area contributed by atoms with Gasteiger partial charge in [0.15, 0.2) is 0 Å². The number of benzene rings is 1. The van der Waals surface area contributed by atoms with Gasteiger partial charge in [-0.25, -0.2) is 0 Å². The van der Waals surface area contributed by atoms with Crippen molar-refractivity contribution >= 4 is 11.9 Å². The fourth-order valence-electron chi connectivity index (χ4n) is 2.07. The quantitative estimate of drug-likeness (QED) is 0.628. The third-order valence-electron chi connectivity index (χ3n) is 3.32. The van der Waals surface area contributed by atoms with Crippen LogP contribution in [0.1, 0.15) is 16.8 Å². The minimum absolute atomic E-state index is 0.00891. The van der Waals surface area contributed by atoms with Crippen molar-refractivity contribution in [2.24, 2.45) is 4.99 Å². The molecule has 3 aromatic rings. The molecule has 1 aromatic carbocycles. The second-order valence-corrected chi connectivity index (χ2v) is 4.83. The second kappa shape index (κ2) is 6.32. The number of tetrazole rings is 1. The molecule has 0 aliphatic rings. The molecule has 0 amide bonds. The number of pyridine rings is 1. The monoisotopic (exact) mass is 310 g/mol. The van der Waals surface area contributed by atoms with E-state index in [1.54, 1.807) is 13.0 Å². The number of aliphatic imine (C=N–C) groups is 1. The number of rotatable bonds is 4. The third kappa shape index (κ3) is 3.06.